The van der Waals surface area contributed by atoms with Crippen LogP contribution in [-0.4, -0.2) is 55.4 Å². The monoisotopic (exact) mass is 313 g/mol. The number of carboxylic acids is 1. The minimum Gasteiger partial charge on any atom is -0.481 e. The molecule has 7 heteroatoms. The van der Waals surface area contributed by atoms with Gasteiger partial charge in [0.05, 0.1) is 31.4 Å². The minimum absolute atomic E-state index is 0.0207. The van der Waals surface area contributed by atoms with Crippen LogP contribution < -0.4 is 0 Å². The Morgan fingerprint density at radius 1 is 1.33 bits per heavy atom. The highest BCUT2D eigenvalue weighted by molar-refractivity contribution is 7.89. The zero-order valence-corrected chi connectivity index (χ0v) is 12.5. The molecule has 1 aromatic carbocycles. The van der Waals surface area contributed by atoms with Gasteiger partial charge in [-0.25, -0.2) is 8.42 Å². The zero-order chi connectivity index (χ0) is 15.3. The summed E-state index contributed by atoms with van der Waals surface area (Å²) in [7, 11) is -3.49. The fourth-order valence-electron chi connectivity index (χ4n) is 2.38. The standard InChI is InChI=1S/C14H19NO5S/c16-14(17)10-13-11-20-8-7-15(13)21(18,19)9-6-12-4-2-1-3-5-12/h1-5,13H,6-11H2,(H,16,17). The highest BCUT2D eigenvalue weighted by Gasteiger charge is 2.33. The summed E-state index contributed by atoms with van der Waals surface area (Å²) in [5, 5.41) is 8.88. The molecule has 0 bridgehead atoms. The summed E-state index contributed by atoms with van der Waals surface area (Å²) in [5.41, 5.74) is 0.948. The van der Waals surface area contributed by atoms with Crippen LogP contribution in [0, 0.1) is 0 Å². The van der Waals surface area contributed by atoms with Gasteiger partial charge in [0, 0.05) is 6.54 Å². The number of aryl methyl sites for hydroxylation is 1. The Morgan fingerprint density at radius 2 is 2.05 bits per heavy atom. The number of carboxylic acid groups (broad SMARTS) is 1. The number of ether oxygens (including phenoxy) is 1. The Kier molecular flexibility index (Phi) is 5.33. The van der Waals surface area contributed by atoms with Crippen LogP contribution in [0.5, 0.6) is 0 Å². The van der Waals surface area contributed by atoms with Crippen molar-refractivity contribution in [1.29, 1.82) is 0 Å². The fourth-order valence-corrected chi connectivity index (χ4v) is 4.05. The van der Waals surface area contributed by atoms with E-state index in [4.69, 9.17) is 9.84 Å². The van der Waals surface area contributed by atoms with Crippen LogP contribution in [0.1, 0.15) is 12.0 Å². The quantitative estimate of drug-likeness (QED) is 0.837. The normalized spacial score (nSPS) is 20.3. The molecule has 1 fully saturated rings. The van der Waals surface area contributed by atoms with Crippen molar-refractivity contribution in [3.63, 3.8) is 0 Å². The first kappa shape index (κ1) is 15.9. The van der Waals surface area contributed by atoms with Crippen LogP contribution in [0.25, 0.3) is 0 Å². The first-order chi connectivity index (χ1) is 9.99. The van der Waals surface area contributed by atoms with Gasteiger partial charge in [-0.2, -0.15) is 4.31 Å². The molecule has 0 spiro atoms. The predicted octanol–water partition coefficient (Wildman–Crippen LogP) is 0.734. The molecule has 0 radical (unpaired) electrons. The molecule has 1 saturated heterocycles. The van der Waals surface area contributed by atoms with E-state index in [-0.39, 0.29) is 25.3 Å². The van der Waals surface area contributed by atoms with Crippen LogP contribution in [-0.2, 0) is 26.0 Å². The Hall–Kier alpha value is -1.44. The van der Waals surface area contributed by atoms with E-state index in [1.165, 1.54) is 4.31 Å². The second-order valence-corrected chi connectivity index (χ2v) is 7.03. The van der Waals surface area contributed by atoms with E-state index in [2.05, 4.69) is 0 Å². The SMILES string of the molecule is O=C(O)CC1COCCN1S(=O)(=O)CCc1ccccc1. The number of hydrogen-bond acceptors (Lipinski definition) is 4. The van der Waals surface area contributed by atoms with Crippen molar-refractivity contribution >= 4 is 16.0 Å². The number of morpholine rings is 1. The van der Waals surface area contributed by atoms with Gasteiger partial charge in [0.2, 0.25) is 10.0 Å². The average Bonchev–Trinajstić information content (AvgIpc) is 2.46. The summed E-state index contributed by atoms with van der Waals surface area (Å²) < 4.78 is 31.3. The molecule has 6 nitrogen and oxygen atoms in total. The third-order valence-electron chi connectivity index (χ3n) is 3.43. The van der Waals surface area contributed by atoms with Gasteiger partial charge in [0.25, 0.3) is 0 Å². The summed E-state index contributed by atoms with van der Waals surface area (Å²) in [6.07, 6.45) is 0.185. The van der Waals surface area contributed by atoms with Crippen LogP contribution in [0.15, 0.2) is 30.3 Å². The molecular formula is C14H19NO5S. The van der Waals surface area contributed by atoms with Gasteiger partial charge < -0.3 is 9.84 Å². The van der Waals surface area contributed by atoms with E-state index in [0.29, 0.717) is 13.0 Å². The van der Waals surface area contributed by atoms with Crippen LogP contribution in [0.2, 0.25) is 0 Å². The molecule has 0 saturated carbocycles. The highest BCUT2D eigenvalue weighted by atomic mass is 32.2. The van der Waals surface area contributed by atoms with Crippen molar-refractivity contribution < 1.29 is 23.1 Å². The number of benzene rings is 1. The third kappa shape index (κ3) is 4.52. The molecule has 1 aromatic rings. The zero-order valence-electron chi connectivity index (χ0n) is 11.6. The van der Waals surface area contributed by atoms with Gasteiger partial charge >= 0.3 is 5.97 Å². The Balaban J connectivity index is 2.04. The van der Waals surface area contributed by atoms with Gasteiger partial charge in [-0.1, -0.05) is 30.3 Å². The molecule has 0 amide bonds. The third-order valence-corrected chi connectivity index (χ3v) is 5.35. The molecule has 1 N–H and O–H groups in total. The summed E-state index contributed by atoms with van der Waals surface area (Å²) in [6, 6.07) is 8.75. The van der Waals surface area contributed by atoms with E-state index in [1.54, 1.807) is 0 Å². The number of hydrogen-bond donors (Lipinski definition) is 1. The number of aliphatic carboxylic acids is 1. The van der Waals surface area contributed by atoms with Gasteiger partial charge in [0.1, 0.15) is 0 Å². The number of nitrogens with zero attached hydrogens (tertiary/aromatic N) is 1. The second-order valence-electron chi connectivity index (χ2n) is 4.99. The Bertz CT molecular complexity index is 572. The smallest absolute Gasteiger partial charge is 0.305 e. The van der Waals surface area contributed by atoms with E-state index < -0.39 is 22.0 Å². The van der Waals surface area contributed by atoms with Gasteiger partial charge in [-0.05, 0) is 12.0 Å². The molecule has 1 aliphatic rings. The average molecular weight is 313 g/mol. The van der Waals surface area contributed by atoms with Crippen LogP contribution in [0.4, 0.5) is 0 Å². The minimum atomic E-state index is -3.49. The summed E-state index contributed by atoms with van der Waals surface area (Å²) >= 11 is 0. The molecule has 1 aliphatic heterocycles. The summed E-state index contributed by atoms with van der Waals surface area (Å²) in [6.45, 7) is 0.659. The Labute approximate surface area is 124 Å². The summed E-state index contributed by atoms with van der Waals surface area (Å²) in [5.74, 6) is -1.04. The van der Waals surface area contributed by atoms with Gasteiger partial charge in [0.15, 0.2) is 0 Å². The van der Waals surface area contributed by atoms with Crippen molar-refractivity contribution in [1.82, 2.24) is 4.31 Å². The number of rotatable bonds is 6. The van der Waals surface area contributed by atoms with Gasteiger partial charge in [-0.15, -0.1) is 0 Å². The van der Waals surface area contributed by atoms with E-state index in [9.17, 15) is 13.2 Å². The topological polar surface area (TPSA) is 83.9 Å². The molecule has 21 heavy (non-hydrogen) atoms. The predicted molar refractivity (Wildman–Crippen MR) is 77.5 cm³/mol. The maximum absolute atomic E-state index is 12.4. The van der Waals surface area contributed by atoms with Crippen molar-refractivity contribution in [3.05, 3.63) is 35.9 Å². The van der Waals surface area contributed by atoms with Crippen molar-refractivity contribution in [2.45, 2.75) is 18.9 Å². The fraction of sp³-hybridized carbons (Fsp3) is 0.500. The van der Waals surface area contributed by atoms with Crippen LogP contribution >= 0.6 is 0 Å². The molecule has 2 rings (SSSR count). The molecule has 0 aliphatic carbocycles. The largest absolute Gasteiger partial charge is 0.481 e. The van der Waals surface area contributed by atoms with Crippen molar-refractivity contribution in [3.8, 4) is 0 Å². The maximum atomic E-state index is 12.4. The lowest BCUT2D eigenvalue weighted by Crippen LogP contribution is -2.50. The second kappa shape index (κ2) is 7.02. The van der Waals surface area contributed by atoms with E-state index in [1.807, 2.05) is 30.3 Å². The molecule has 116 valence electrons. The molecule has 1 unspecified atom stereocenters. The molecular weight excluding hydrogens is 294 g/mol. The lowest BCUT2D eigenvalue weighted by atomic mass is 10.2. The summed E-state index contributed by atoms with van der Waals surface area (Å²) in [4.78, 5) is 10.8. The van der Waals surface area contributed by atoms with Crippen LogP contribution in [0.3, 0.4) is 0 Å². The molecule has 1 atom stereocenters. The lowest BCUT2D eigenvalue weighted by molar-refractivity contribution is -0.139. The van der Waals surface area contributed by atoms with E-state index >= 15 is 0 Å². The first-order valence-electron chi connectivity index (χ1n) is 6.82. The van der Waals surface area contributed by atoms with E-state index in [0.717, 1.165) is 5.56 Å². The van der Waals surface area contributed by atoms with Crippen molar-refractivity contribution in [2.75, 3.05) is 25.5 Å². The number of carbonyl (C=O) groups is 1. The number of sulfonamides is 1. The van der Waals surface area contributed by atoms with Crippen molar-refractivity contribution in [2.24, 2.45) is 0 Å². The molecule has 1 heterocycles. The highest BCUT2D eigenvalue weighted by Crippen LogP contribution is 2.17. The lowest BCUT2D eigenvalue weighted by Gasteiger charge is -2.33. The van der Waals surface area contributed by atoms with Gasteiger partial charge in [-0.3, -0.25) is 4.79 Å². The molecule has 0 aromatic heterocycles. The first-order valence-corrected chi connectivity index (χ1v) is 8.43. The maximum Gasteiger partial charge on any atom is 0.305 e. The Morgan fingerprint density at radius 3 is 2.71 bits per heavy atom.